The predicted octanol–water partition coefficient (Wildman–Crippen LogP) is 2.66. The lowest BCUT2D eigenvalue weighted by Gasteiger charge is -2.33. The van der Waals surface area contributed by atoms with E-state index in [4.69, 9.17) is 4.42 Å². The van der Waals surface area contributed by atoms with Crippen molar-refractivity contribution in [3.05, 3.63) is 59.5 Å². The lowest BCUT2D eigenvalue weighted by Crippen LogP contribution is -2.43. The molecule has 1 aromatic carbocycles. The van der Waals surface area contributed by atoms with Gasteiger partial charge in [0.1, 0.15) is 5.76 Å². The zero-order valence-electron chi connectivity index (χ0n) is 15.7. The Morgan fingerprint density at radius 2 is 1.81 bits per heavy atom. The van der Waals surface area contributed by atoms with Gasteiger partial charge in [-0.1, -0.05) is 24.1 Å². The Labute approximate surface area is 159 Å². The molecule has 3 rings (SSSR count). The normalized spacial score (nSPS) is 15.9. The lowest BCUT2D eigenvalue weighted by molar-refractivity contribution is -0.120. The van der Waals surface area contributed by atoms with Gasteiger partial charge in [0.05, 0.1) is 18.8 Å². The van der Waals surface area contributed by atoms with Gasteiger partial charge in [0.15, 0.2) is 0 Å². The van der Waals surface area contributed by atoms with Gasteiger partial charge in [-0.2, -0.15) is 0 Å². The first-order chi connectivity index (χ1) is 13.1. The van der Waals surface area contributed by atoms with Gasteiger partial charge in [-0.25, -0.2) is 0 Å². The number of furan rings is 1. The molecule has 0 aliphatic carbocycles. The highest BCUT2D eigenvalue weighted by atomic mass is 16.3. The van der Waals surface area contributed by atoms with Crippen LogP contribution in [0.1, 0.15) is 47.0 Å². The standard InChI is InChI=1S/C21H27N3O3/c1-16-7-9-17(10-8-16)21(26)23-15-20(25)22-14-18(19-6-5-13-27-19)24-11-3-2-4-12-24/h5-10,13,18H,2-4,11-12,14-15H2,1H3,(H,22,25)(H,23,26). The molecule has 1 aliphatic rings. The number of carbonyl (C=O) groups is 2. The molecule has 1 fully saturated rings. The third-order valence-electron chi connectivity index (χ3n) is 4.92. The Bertz CT molecular complexity index is 735. The summed E-state index contributed by atoms with van der Waals surface area (Å²) in [4.78, 5) is 26.7. The van der Waals surface area contributed by atoms with E-state index in [0.717, 1.165) is 37.3 Å². The van der Waals surface area contributed by atoms with E-state index in [1.165, 1.54) is 6.42 Å². The molecule has 2 heterocycles. The number of hydrogen-bond donors (Lipinski definition) is 2. The molecule has 0 bridgehead atoms. The summed E-state index contributed by atoms with van der Waals surface area (Å²) in [5.74, 6) is 0.411. The highest BCUT2D eigenvalue weighted by Gasteiger charge is 2.24. The molecule has 1 aliphatic heterocycles. The van der Waals surface area contributed by atoms with Crippen LogP contribution in [0.15, 0.2) is 47.1 Å². The Balaban J connectivity index is 1.50. The Morgan fingerprint density at radius 3 is 2.48 bits per heavy atom. The van der Waals surface area contributed by atoms with Crippen molar-refractivity contribution < 1.29 is 14.0 Å². The summed E-state index contributed by atoms with van der Waals surface area (Å²) < 4.78 is 5.58. The summed E-state index contributed by atoms with van der Waals surface area (Å²) in [5, 5.41) is 5.60. The smallest absolute Gasteiger partial charge is 0.251 e. The molecule has 6 nitrogen and oxygen atoms in total. The minimum atomic E-state index is -0.247. The average molecular weight is 369 g/mol. The molecule has 0 radical (unpaired) electrons. The molecule has 6 heteroatoms. The number of benzene rings is 1. The minimum absolute atomic E-state index is 0.0250. The number of hydrogen-bond acceptors (Lipinski definition) is 4. The Kier molecular flexibility index (Phi) is 6.65. The summed E-state index contributed by atoms with van der Waals surface area (Å²) in [6.45, 7) is 4.40. The first-order valence-corrected chi connectivity index (χ1v) is 9.52. The van der Waals surface area contributed by atoms with Crippen molar-refractivity contribution in [1.82, 2.24) is 15.5 Å². The van der Waals surface area contributed by atoms with Crippen LogP contribution >= 0.6 is 0 Å². The van der Waals surface area contributed by atoms with E-state index < -0.39 is 0 Å². The number of carbonyl (C=O) groups excluding carboxylic acids is 2. The lowest BCUT2D eigenvalue weighted by atomic mass is 10.1. The molecule has 144 valence electrons. The maximum absolute atomic E-state index is 12.2. The summed E-state index contributed by atoms with van der Waals surface area (Å²) >= 11 is 0. The van der Waals surface area contributed by atoms with Gasteiger partial charge >= 0.3 is 0 Å². The molecule has 1 atom stereocenters. The fraction of sp³-hybridized carbons (Fsp3) is 0.429. The number of nitrogens with one attached hydrogen (secondary N) is 2. The van der Waals surface area contributed by atoms with E-state index in [2.05, 4.69) is 15.5 Å². The van der Waals surface area contributed by atoms with E-state index in [1.54, 1.807) is 18.4 Å². The van der Waals surface area contributed by atoms with E-state index >= 15 is 0 Å². The van der Waals surface area contributed by atoms with Crippen LogP contribution in [-0.2, 0) is 4.79 Å². The monoisotopic (exact) mass is 369 g/mol. The second kappa shape index (κ2) is 9.37. The fourth-order valence-corrected chi connectivity index (χ4v) is 3.36. The van der Waals surface area contributed by atoms with Crippen LogP contribution in [0.4, 0.5) is 0 Å². The van der Waals surface area contributed by atoms with Gasteiger partial charge in [-0.15, -0.1) is 0 Å². The number of likely N-dealkylation sites (tertiary alicyclic amines) is 1. The molecule has 2 N–H and O–H groups in total. The maximum atomic E-state index is 12.2. The van der Waals surface area contributed by atoms with Crippen LogP contribution < -0.4 is 10.6 Å². The summed E-state index contributed by atoms with van der Waals surface area (Å²) in [6.07, 6.45) is 5.24. The van der Waals surface area contributed by atoms with Crippen LogP contribution in [-0.4, -0.2) is 42.9 Å². The summed E-state index contributed by atoms with van der Waals surface area (Å²) in [6, 6.07) is 11.1. The summed E-state index contributed by atoms with van der Waals surface area (Å²) in [7, 11) is 0. The number of amides is 2. The van der Waals surface area contributed by atoms with Crippen LogP contribution in [0.25, 0.3) is 0 Å². The van der Waals surface area contributed by atoms with Crippen LogP contribution in [0.2, 0.25) is 0 Å². The second-order valence-corrected chi connectivity index (χ2v) is 6.98. The topological polar surface area (TPSA) is 74.6 Å². The highest BCUT2D eigenvalue weighted by molar-refractivity contribution is 5.96. The van der Waals surface area contributed by atoms with Crippen molar-refractivity contribution in [3.8, 4) is 0 Å². The van der Waals surface area contributed by atoms with Crippen molar-refractivity contribution in [2.45, 2.75) is 32.2 Å². The SMILES string of the molecule is Cc1ccc(C(=O)NCC(=O)NCC(c2ccco2)N2CCCCC2)cc1. The molecular weight excluding hydrogens is 342 g/mol. The molecule has 27 heavy (non-hydrogen) atoms. The van der Waals surface area contributed by atoms with Crippen LogP contribution in [0.3, 0.4) is 0 Å². The second-order valence-electron chi connectivity index (χ2n) is 6.98. The van der Waals surface area contributed by atoms with Crippen molar-refractivity contribution in [1.29, 1.82) is 0 Å². The Hall–Kier alpha value is -2.60. The van der Waals surface area contributed by atoms with E-state index in [1.807, 2.05) is 31.2 Å². The minimum Gasteiger partial charge on any atom is -0.468 e. The summed E-state index contributed by atoms with van der Waals surface area (Å²) in [5.41, 5.74) is 1.64. The first-order valence-electron chi connectivity index (χ1n) is 9.52. The third kappa shape index (κ3) is 5.44. The number of nitrogens with zero attached hydrogens (tertiary/aromatic N) is 1. The molecule has 1 saturated heterocycles. The van der Waals surface area contributed by atoms with E-state index in [0.29, 0.717) is 12.1 Å². The van der Waals surface area contributed by atoms with Gasteiger partial charge in [0.25, 0.3) is 5.91 Å². The van der Waals surface area contributed by atoms with Crippen LogP contribution in [0.5, 0.6) is 0 Å². The largest absolute Gasteiger partial charge is 0.468 e. The van der Waals surface area contributed by atoms with Crippen molar-refractivity contribution in [3.63, 3.8) is 0 Å². The van der Waals surface area contributed by atoms with Gasteiger partial charge in [-0.05, 0) is 57.1 Å². The quantitative estimate of drug-likeness (QED) is 0.787. The Morgan fingerprint density at radius 1 is 1.07 bits per heavy atom. The van der Waals surface area contributed by atoms with E-state index in [9.17, 15) is 9.59 Å². The molecule has 1 unspecified atom stereocenters. The predicted molar refractivity (Wildman–Crippen MR) is 103 cm³/mol. The fourth-order valence-electron chi connectivity index (χ4n) is 3.36. The third-order valence-corrected chi connectivity index (χ3v) is 4.92. The van der Waals surface area contributed by atoms with E-state index in [-0.39, 0.29) is 24.4 Å². The number of piperidine rings is 1. The number of rotatable bonds is 7. The molecule has 1 aromatic heterocycles. The van der Waals surface area contributed by atoms with Gasteiger partial charge in [-0.3, -0.25) is 14.5 Å². The van der Waals surface area contributed by atoms with Gasteiger partial charge in [0.2, 0.25) is 5.91 Å². The maximum Gasteiger partial charge on any atom is 0.251 e. The molecule has 0 saturated carbocycles. The molecule has 0 spiro atoms. The van der Waals surface area contributed by atoms with Crippen molar-refractivity contribution in [2.24, 2.45) is 0 Å². The zero-order chi connectivity index (χ0) is 19.1. The van der Waals surface area contributed by atoms with Gasteiger partial charge in [0, 0.05) is 12.1 Å². The highest BCUT2D eigenvalue weighted by Crippen LogP contribution is 2.24. The number of aryl methyl sites for hydroxylation is 1. The first kappa shape index (κ1) is 19.2. The molecule has 2 aromatic rings. The zero-order valence-corrected chi connectivity index (χ0v) is 15.7. The van der Waals surface area contributed by atoms with Crippen LogP contribution in [0, 0.1) is 6.92 Å². The van der Waals surface area contributed by atoms with Crippen molar-refractivity contribution >= 4 is 11.8 Å². The molecular formula is C21H27N3O3. The molecule has 2 amide bonds. The van der Waals surface area contributed by atoms with Crippen molar-refractivity contribution in [2.75, 3.05) is 26.2 Å². The van der Waals surface area contributed by atoms with Gasteiger partial charge < -0.3 is 15.1 Å². The average Bonchev–Trinajstić information content (AvgIpc) is 3.22.